The average molecular weight is 474 g/mol. The van der Waals surface area contributed by atoms with Crippen molar-refractivity contribution in [3.8, 4) is 5.75 Å². The molecule has 0 atom stereocenters. The summed E-state index contributed by atoms with van der Waals surface area (Å²) in [4.78, 5) is 8.71. The molecule has 0 spiro atoms. The number of aliphatic imine (C=N–C) groups is 1. The van der Waals surface area contributed by atoms with Crippen LogP contribution in [0.4, 0.5) is 0 Å². The number of benzene rings is 1. The molecule has 1 aromatic heterocycles. The molecule has 138 valence electrons. The fourth-order valence-electron chi connectivity index (χ4n) is 2.17. The standard InChI is InChI=1S/C18H26N4OS.HI/c1-15-14-24-17(22-15)10-6-11-20-18(19-2)21-12-7-13-23-16-8-4-3-5-9-16;/h3-5,8-9,14H,6-7,10-13H2,1-2H3,(H2,19,20,21);1H. The summed E-state index contributed by atoms with van der Waals surface area (Å²) in [5, 5.41) is 9.94. The van der Waals surface area contributed by atoms with Crippen molar-refractivity contribution < 1.29 is 4.74 Å². The highest BCUT2D eigenvalue weighted by atomic mass is 127. The summed E-state index contributed by atoms with van der Waals surface area (Å²) in [6, 6.07) is 9.88. The third-order valence-electron chi connectivity index (χ3n) is 3.38. The van der Waals surface area contributed by atoms with E-state index in [2.05, 4.69) is 26.0 Å². The Morgan fingerprint density at radius 2 is 1.88 bits per heavy atom. The smallest absolute Gasteiger partial charge is 0.190 e. The maximum atomic E-state index is 5.66. The van der Waals surface area contributed by atoms with Crippen LogP contribution in [-0.2, 0) is 6.42 Å². The van der Waals surface area contributed by atoms with E-state index in [1.807, 2.05) is 37.3 Å². The molecular formula is C18H27IN4OS. The number of halogens is 1. The largest absolute Gasteiger partial charge is 0.494 e. The molecule has 5 nitrogen and oxygen atoms in total. The second kappa shape index (κ2) is 12.9. The molecule has 0 fully saturated rings. The van der Waals surface area contributed by atoms with Crippen molar-refractivity contribution in [2.45, 2.75) is 26.2 Å². The maximum absolute atomic E-state index is 5.66. The Morgan fingerprint density at radius 1 is 1.16 bits per heavy atom. The number of rotatable bonds is 9. The lowest BCUT2D eigenvalue weighted by molar-refractivity contribution is 0.311. The molecule has 1 aromatic carbocycles. The summed E-state index contributed by atoms with van der Waals surface area (Å²) in [6.07, 6.45) is 2.98. The van der Waals surface area contributed by atoms with Crippen LogP contribution in [0, 0.1) is 6.92 Å². The van der Waals surface area contributed by atoms with E-state index in [0.29, 0.717) is 6.61 Å². The maximum Gasteiger partial charge on any atom is 0.190 e. The van der Waals surface area contributed by atoms with E-state index in [0.717, 1.165) is 49.8 Å². The van der Waals surface area contributed by atoms with Gasteiger partial charge in [-0.05, 0) is 31.9 Å². The SMILES string of the molecule is CN=C(NCCCOc1ccccc1)NCCCc1nc(C)cs1.I. The highest BCUT2D eigenvalue weighted by Gasteiger charge is 2.00. The normalized spacial score (nSPS) is 10.9. The van der Waals surface area contributed by atoms with Gasteiger partial charge in [-0.2, -0.15) is 0 Å². The van der Waals surface area contributed by atoms with E-state index in [-0.39, 0.29) is 24.0 Å². The van der Waals surface area contributed by atoms with Crippen molar-refractivity contribution in [2.75, 3.05) is 26.7 Å². The molecule has 0 amide bonds. The third-order valence-corrected chi connectivity index (χ3v) is 4.40. The number of nitrogens with one attached hydrogen (secondary N) is 2. The molecule has 0 aliphatic rings. The van der Waals surface area contributed by atoms with Crippen molar-refractivity contribution in [2.24, 2.45) is 4.99 Å². The zero-order valence-corrected chi connectivity index (χ0v) is 18.0. The molecule has 0 aliphatic heterocycles. The minimum Gasteiger partial charge on any atom is -0.494 e. The van der Waals surface area contributed by atoms with Gasteiger partial charge in [0.1, 0.15) is 5.75 Å². The summed E-state index contributed by atoms with van der Waals surface area (Å²) in [5.74, 6) is 1.75. The number of aryl methyl sites for hydroxylation is 2. The fraction of sp³-hybridized carbons (Fsp3) is 0.444. The van der Waals surface area contributed by atoms with E-state index in [1.165, 1.54) is 5.01 Å². The number of hydrogen-bond acceptors (Lipinski definition) is 4. The summed E-state index contributed by atoms with van der Waals surface area (Å²) >= 11 is 1.73. The van der Waals surface area contributed by atoms with Gasteiger partial charge in [0.25, 0.3) is 0 Å². The minimum absolute atomic E-state index is 0. The molecule has 0 aliphatic carbocycles. The zero-order chi connectivity index (χ0) is 17.0. The number of aromatic nitrogens is 1. The Labute approximate surface area is 171 Å². The minimum atomic E-state index is 0. The fourth-order valence-corrected chi connectivity index (χ4v) is 2.99. The Morgan fingerprint density at radius 3 is 2.52 bits per heavy atom. The van der Waals surface area contributed by atoms with Crippen LogP contribution in [0.1, 0.15) is 23.5 Å². The van der Waals surface area contributed by atoms with Gasteiger partial charge in [0.15, 0.2) is 5.96 Å². The Balaban J connectivity index is 0.00000312. The van der Waals surface area contributed by atoms with Gasteiger partial charge in [-0.25, -0.2) is 4.98 Å². The van der Waals surface area contributed by atoms with Crippen molar-refractivity contribution >= 4 is 41.3 Å². The molecule has 2 rings (SSSR count). The highest BCUT2D eigenvalue weighted by molar-refractivity contribution is 14.0. The van der Waals surface area contributed by atoms with Crippen LogP contribution in [0.25, 0.3) is 0 Å². The number of para-hydroxylation sites is 1. The number of guanidine groups is 1. The van der Waals surface area contributed by atoms with Gasteiger partial charge in [-0.1, -0.05) is 18.2 Å². The molecule has 0 saturated heterocycles. The van der Waals surface area contributed by atoms with E-state index in [1.54, 1.807) is 18.4 Å². The molecular weight excluding hydrogens is 447 g/mol. The van der Waals surface area contributed by atoms with Gasteiger partial charge in [0, 0.05) is 37.6 Å². The first-order valence-electron chi connectivity index (χ1n) is 8.31. The second-order valence-electron chi connectivity index (χ2n) is 5.43. The van der Waals surface area contributed by atoms with Gasteiger partial charge < -0.3 is 15.4 Å². The van der Waals surface area contributed by atoms with E-state index < -0.39 is 0 Å². The summed E-state index contributed by atoms with van der Waals surface area (Å²) in [5.41, 5.74) is 1.11. The molecule has 0 bridgehead atoms. The summed E-state index contributed by atoms with van der Waals surface area (Å²) < 4.78 is 5.66. The molecule has 1 heterocycles. The Hall–Kier alpha value is -1.35. The molecule has 7 heteroatoms. The topological polar surface area (TPSA) is 58.5 Å². The molecule has 2 aromatic rings. The van der Waals surface area contributed by atoms with Crippen molar-refractivity contribution in [1.82, 2.24) is 15.6 Å². The van der Waals surface area contributed by atoms with Gasteiger partial charge in [-0.15, -0.1) is 35.3 Å². The van der Waals surface area contributed by atoms with E-state index in [9.17, 15) is 0 Å². The summed E-state index contributed by atoms with van der Waals surface area (Å²) in [7, 11) is 1.79. The van der Waals surface area contributed by atoms with E-state index >= 15 is 0 Å². The lowest BCUT2D eigenvalue weighted by Crippen LogP contribution is -2.38. The average Bonchev–Trinajstić information content (AvgIpc) is 3.02. The predicted octanol–water partition coefficient (Wildman–Crippen LogP) is 3.64. The molecule has 0 saturated carbocycles. The molecule has 0 radical (unpaired) electrons. The quantitative estimate of drug-likeness (QED) is 0.252. The van der Waals surface area contributed by atoms with Crippen molar-refractivity contribution in [3.63, 3.8) is 0 Å². The zero-order valence-electron chi connectivity index (χ0n) is 14.8. The molecule has 2 N–H and O–H groups in total. The number of hydrogen-bond donors (Lipinski definition) is 2. The van der Waals surface area contributed by atoms with Crippen LogP contribution in [0.3, 0.4) is 0 Å². The van der Waals surface area contributed by atoms with Crippen LogP contribution in [0.15, 0.2) is 40.7 Å². The lowest BCUT2D eigenvalue weighted by atomic mass is 10.3. The van der Waals surface area contributed by atoms with E-state index in [4.69, 9.17) is 4.74 Å². The highest BCUT2D eigenvalue weighted by Crippen LogP contribution is 2.10. The Bertz CT molecular complexity index is 619. The van der Waals surface area contributed by atoms with Gasteiger partial charge in [0.05, 0.1) is 11.6 Å². The Kier molecular flexibility index (Phi) is 11.2. The second-order valence-corrected chi connectivity index (χ2v) is 6.37. The van der Waals surface area contributed by atoms with Gasteiger partial charge in [0.2, 0.25) is 0 Å². The van der Waals surface area contributed by atoms with Crippen molar-refractivity contribution in [3.05, 3.63) is 46.4 Å². The number of thiazole rings is 1. The molecule has 0 unspecified atom stereocenters. The number of ether oxygens (including phenoxy) is 1. The van der Waals surface area contributed by atoms with Gasteiger partial charge in [-0.3, -0.25) is 4.99 Å². The third kappa shape index (κ3) is 9.06. The summed E-state index contributed by atoms with van der Waals surface area (Å²) in [6.45, 7) is 4.44. The lowest BCUT2D eigenvalue weighted by Gasteiger charge is -2.12. The van der Waals surface area contributed by atoms with Crippen LogP contribution in [-0.4, -0.2) is 37.7 Å². The van der Waals surface area contributed by atoms with Crippen molar-refractivity contribution in [1.29, 1.82) is 0 Å². The van der Waals surface area contributed by atoms with Crippen LogP contribution >= 0.6 is 35.3 Å². The predicted molar refractivity (Wildman–Crippen MR) is 117 cm³/mol. The number of nitrogens with zero attached hydrogens (tertiary/aromatic N) is 2. The van der Waals surface area contributed by atoms with Crippen LogP contribution in [0.2, 0.25) is 0 Å². The first kappa shape index (κ1) is 21.7. The van der Waals surface area contributed by atoms with Crippen LogP contribution < -0.4 is 15.4 Å². The first-order valence-corrected chi connectivity index (χ1v) is 9.19. The first-order chi connectivity index (χ1) is 11.8. The monoisotopic (exact) mass is 474 g/mol. The van der Waals surface area contributed by atoms with Crippen LogP contribution in [0.5, 0.6) is 5.75 Å². The molecule has 25 heavy (non-hydrogen) atoms. The van der Waals surface area contributed by atoms with Gasteiger partial charge >= 0.3 is 0 Å².